The van der Waals surface area contributed by atoms with E-state index in [1.165, 1.54) is 0 Å². The van der Waals surface area contributed by atoms with E-state index >= 15 is 0 Å². The van der Waals surface area contributed by atoms with Crippen LogP contribution in [0, 0.1) is 0 Å². The van der Waals surface area contributed by atoms with Crippen molar-refractivity contribution in [3.8, 4) is 28.7 Å². The van der Waals surface area contributed by atoms with Crippen LogP contribution in [0.5, 0.6) is 28.7 Å². The van der Waals surface area contributed by atoms with Crippen molar-refractivity contribution in [2.75, 3.05) is 13.2 Å². The molecule has 9 rings (SSSR count). The van der Waals surface area contributed by atoms with Gasteiger partial charge in [0.15, 0.2) is 17.6 Å². The summed E-state index contributed by atoms with van der Waals surface area (Å²) in [5.41, 5.74) is 6.52. The maximum absolute atomic E-state index is 7.25. The molecule has 1 fully saturated rings. The minimum Gasteiger partial charge on any atom is -0.489 e. The van der Waals surface area contributed by atoms with E-state index in [4.69, 9.17) is 37.9 Å². The summed E-state index contributed by atoms with van der Waals surface area (Å²) >= 11 is 0. The first-order chi connectivity index (χ1) is 29.7. The molecule has 8 nitrogen and oxygen atoms in total. The zero-order chi connectivity index (χ0) is 40.4. The quantitative estimate of drug-likeness (QED) is 0.0957. The van der Waals surface area contributed by atoms with Gasteiger partial charge in [-0.15, -0.1) is 0 Å². The van der Waals surface area contributed by atoms with Crippen LogP contribution in [-0.2, 0) is 53.0 Å². The largest absolute Gasteiger partial charge is 0.489 e. The van der Waals surface area contributed by atoms with Crippen LogP contribution >= 0.6 is 0 Å². The SMILES string of the molecule is c1ccc(COc2cc(OCc3ccccc3)c3c(c2)O[C@@]2(c4ccc(OCc5ccccc5)c(OCc5ccccc5)c4)OCCO[C@@H]3[C@H]2OCc2ccccc2)cc1. The fourth-order valence-electron chi connectivity index (χ4n) is 7.53. The van der Waals surface area contributed by atoms with Gasteiger partial charge in [0.2, 0.25) is 0 Å². The molecule has 2 aliphatic heterocycles. The van der Waals surface area contributed by atoms with E-state index in [2.05, 4.69) is 0 Å². The predicted octanol–water partition coefficient (Wildman–Crippen LogP) is 10.9. The summed E-state index contributed by atoms with van der Waals surface area (Å²) in [5.74, 6) is 1.29. The molecular formula is C52H46O8. The molecule has 0 aliphatic carbocycles. The molecular weight excluding hydrogens is 753 g/mol. The van der Waals surface area contributed by atoms with E-state index in [1.54, 1.807) is 0 Å². The molecule has 2 heterocycles. The molecule has 302 valence electrons. The maximum Gasteiger partial charge on any atom is 0.267 e. The van der Waals surface area contributed by atoms with E-state index in [0.717, 1.165) is 33.4 Å². The normalized spacial score (nSPS) is 18.0. The van der Waals surface area contributed by atoms with Gasteiger partial charge >= 0.3 is 0 Å². The lowest BCUT2D eigenvalue weighted by Crippen LogP contribution is -2.53. The highest BCUT2D eigenvalue weighted by atomic mass is 16.7. The molecule has 0 saturated carbocycles. The van der Waals surface area contributed by atoms with E-state index in [0.29, 0.717) is 67.3 Å². The fourth-order valence-corrected chi connectivity index (χ4v) is 7.53. The van der Waals surface area contributed by atoms with Crippen LogP contribution in [0.15, 0.2) is 182 Å². The number of hydrogen-bond acceptors (Lipinski definition) is 8. The van der Waals surface area contributed by atoms with Gasteiger partial charge < -0.3 is 37.9 Å². The summed E-state index contributed by atoms with van der Waals surface area (Å²) in [6.45, 7) is 2.18. The Labute approximate surface area is 350 Å². The van der Waals surface area contributed by atoms with Gasteiger partial charge in [0.05, 0.1) is 25.4 Å². The molecule has 8 heteroatoms. The molecule has 7 aromatic carbocycles. The van der Waals surface area contributed by atoms with Crippen LogP contribution in [0.3, 0.4) is 0 Å². The summed E-state index contributed by atoms with van der Waals surface area (Å²) < 4.78 is 53.9. The van der Waals surface area contributed by atoms with Crippen molar-refractivity contribution in [1.29, 1.82) is 0 Å². The Bertz CT molecular complexity index is 2430. The smallest absolute Gasteiger partial charge is 0.267 e. The lowest BCUT2D eigenvalue weighted by atomic mass is 9.87. The Hall–Kier alpha value is -6.58. The minimum atomic E-state index is -1.49. The Morgan fingerprint density at radius 1 is 0.450 bits per heavy atom. The number of ether oxygens (including phenoxy) is 8. The molecule has 2 bridgehead atoms. The molecule has 0 N–H and O–H groups in total. The summed E-state index contributed by atoms with van der Waals surface area (Å²) in [6.07, 6.45) is -1.45. The molecule has 60 heavy (non-hydrogen) atoms. The highest BCUT2D eigenvalue weighted by molar-refractivity contribution is 5.56. The number of fused-ring (bicyclic) bond motifs is 4. The highest BCUT2D eigenvalue weighted by Crippen LogP contribution is 2.55. The topological polar surface area (TPSA) is 73.8 Å². The molecule has 0 amide bonds. The van der Waals surface area contributed by atoms with Crippen molar-refractivity contribution in [2.24, 2.45) is 0 Å². The minimum absolute atomic E-state index is 0.236. The van der Waals surface area contributed by atoms with Gasteiger partial charge in [-0.1, -0.05) is 152 Å². The fraction of sp³-hybridized carbons (Fsp3) is 0.192. The second-order valence-electron chi connectivity index (χ2n) is 14.7. The van der Waals surface area contributed by atoms with Crippen LogP contribution in [0.1, 0.15) is 45.0 Å². The zero-order valence-corrected chi connectivity index (χ0v) is 33.2. The van der Waals surface area contributed by atoms with Gasteiger partial charge in [0.25, 0.3) is 5.79 Å². The first-order valence-corrected chi connectivity index (χ1v) is 20.3. The molecule has 2 aliphatic rings. The third-order valence-electron chi connectivity index (χ3n) is 10.5. The Morgan fingerprint density at radius 2 is 0.933 bits per heavy atom. The van der Waals surface area contributed by atoms with Crippen molar-refractivity contribution >= 4 is 0 Å². The Kier molecular flexibility index (Phi) is 12.0. The van der Waals surface area contributed by atoms with Gasteiger partial charge in [-0.25, -0.2) is 0 Å². The molecule has 0 radical (unpaired) electrons. The summed E-state index contributed by atoms with van der Waals surface area (Å²) in [7, 11) is 0. The lowest BCUT2D eigenvalue weighted by Gasteiger charge is -2.45. The first kappa shape index (κ1) is 38.9. The molecule has 0 spiro atoms. The van der Waals surface area contributed by atoms with Crippen LogP contribution < -0.4 is 23.7 Å². The average molecular weight is 799 g/mol. The molecule has 0 unspecified atom stereocenters. The summed E-state index contributed by atoms with van der Waals surface area (Å²) in [4.78, 5) is 0. The molecule has 3 atom stereocenters. The highest BCUT2D eigenvalue weighted by Gasteiger charge is 2.57. The van der Waals surface area contributed by atoms with Gasteiger partial charge in [-0.3, -0.25) is 0 Å². The first-order valence-electron chi connectivity index (χ1n) is 20.3. The van der Waals surface area contributed by atoms with Gasteiger partial charge in [-0.2, -0.15) is 0 Å². The van der Waals surface area contributed by atoms with Gasteiger partial charge in [0, 0.05) is 17.7 Å². The van der Waals surface area contributed by atoms with Gasteiger partial charge in [0.1, 0.15) is 49.8 Å². The molecule has 1 saturated heterocycles. The van der Waals surface area contributed by atoms with Crippen LogP contribution in [-0.4, -0.2) is 19.3 Å². The Morgan fingerprint density at radius 3 is 1.48 bits per heavy atom. The van der Waals surface area contributed by atoms with Crippen LogP contribution in [0.4, 0.5) is 0 Å². The summed E-state index contributed by atoms with van der Waals surface area (Å²) in [6, 6.07) is 59.9. The van der Waals surface area contributed by atoms with Crippen molar-refractivity contribution < 1.29 is 37.9 Å². The lowest BCUT2D eigenvalue weighted by molar-refractivity contribution is -0.275. The van der Waals surface area contributed by atoms with E-state index in [1.807, 2.05) is 182 Å². The predicted molar refractivity (Wildman–Crippen MR) is 228 cm³/mol. The average Bonchev–Trinajstić information content (AvgIpc) is 3.43. The van der Waals surface area contributed by atoms with Crippen molar-refractivity contribution in [1.82, 2.24) is 0 Å². The summed E-state index contributed by atoms with van der Waals surface area (Å²) in [5, 5.41) is 0. The van der Waals surface area contributed by atoms with E-state index in [9.17, 15) is 0 Å². The molecule has 7 aromatic rings. The van der Waals surface area contributed by atoms with E-state index in [-0.39, 0.29) is 13.2 Å². The maximum atomic E-state index is 7.25. The van der Waals surface area contributed by atoms with E-state index < -0.39 is 18.0 Å². The second kappa shape index (κ2) is 18.6. The van der Waals surface area contributed by atoms with Crippen molar-refractivity contribution in [3.63, 3.8) is 0 Å². The zero-order valence-electron chi connectivity index (χ0n) is 33.2. The number of rotatable bonds is 16. The van der Waals surface area contributed by atoms with Crippen molar-refractivity contribution in [3.05, 3.63) is 221 Å². The van der Waals surface area contributed by atoms with Crippen LogP contribution in [0.25, 0.3) is 0 Å². The van der Waals surface area contributed by atoms with Gasteiger partial charge in [-0.05, 0) is 46.0 Å². The number of hydrogen-bond donors (Lipinski definition) is 0. The van der Waals surface area contributed by atoms with Crippen molar-refractivity contribution in [2.45, 2.75) is 51.0 Å². The second-order valence-corrected chi connectivity index (χ2v) is 14.7. The third-order valence-corrected chi connectivity index (χ3v) is 10.5. The Balaban J connectivity index is 1.14. The monoisotopic (exact) mass is 798 g/mol. The third kappa shape index (κ3) is 9.01. The standard InChI is InChI=1S/C52H46O8/c1-6-16-38(17-7-1)33-54-44-31-47(57-36-41-22-12-4-13-23-41)49-48(32-44)60-52(51(50(49)53-28-29-59-52)58-37-42-24-14-5-15-25-42)43-26-27-45(55-34-39-18-8-2-9-19-39)46(30-43)56-35-40-20-10-3-11-21-40/h1-27,30-32,50-51H,28-29,33-37H2/t50-,51+,52+/m0/s1. The number of benzene rings is 7. The van der Waals surface area contributed by atoms with Crippen LogP contribution in [0.2, 0.25) is 0 Å². The molecule has 0 aromatic heterocycles.